The fourth-order valence-electron chi connectivity index (χ4n) is 2.72. The Labute approximate surface area is 109 Å². The van der Waals surface area contributed by atoms with Crippen molar-refractivity contribution in [3.8, 4) is 0 Å². The zero-order valence-electron chi connectivity index (χ0n) is 11.4. The molecule has 0 amide bonds. The van der Waals surface area contributed by atoms with Crippen LogP contribution in [0.25, 0.3) is 0 Å². The van der Waals surface area contributed by atoms with Gasteiger partial charge >= 0.3 is 0 Å². The minimum absolute atomic E-state index is 0.227. The highest BCUT2D eigenvalue weighted by Crippen LogP contribution is 2.27. The first-order chi connectivity index (χ1) is 8.60. The standard InChI is InChI=1S/C14H23N3O/c1-3-12-9-13(17(2)16-12)14(18)8-10-4-6-11(15)7-5-10/h9-11H,3-8,15H2,1-2H3. The van der Waals surface area contributed by atoms with E-state index in [1.54, 1.807) is 4.68 Å². The molecule has 0 saturated heterocycles. The number of Topliss-reactive ketones (excluding diaryl/α,β-unsaturated/α-hetero) is 1. The zero-order chi connectivity index (χ0) is 13.1. The van der Waals surface area contributed by atoms with Gasteiger partial charge in [-0.1, -0.05) is 6.92 Å². The van der Waals surface area contributed by atoms with Gasteiger partial charge in [-0.2, -0.15) is 5.10 Å². The summed E-state index contributed by atoms with van der Waals surface area (Å²) in [6.07, 6.45) is 5.82. The van der Waals surface area contributed by atoms with E-state index >= 15 is 0 Å². The largest absolute Gasteiger partial charge is 0.328 e. The van der Waals surface area contributed by atoms with Crippen molar-refractivity contribution in [1.82, 2.24) is 9.78 Å². The third-order valence-corrected chi connectivity index (χ3v) is 3.94. The first-order valence-electron chi connectivity index (χ1n) is 6.91. The second kappa shape index (κ2) is 5.65. The van der Waals surface area contributed by atoms with Gasteiger partial charge in [0.05, 0.1) is 5.69 Å². The van der Waals surface area contributed by atoms with Crippen LogP contribution in [0.1, 0.15) is 55.2 Å². The molecule has 2 N–H and O–H groups in total. The van der Waals surface area contributed by atoms with Gasteiger partial charge in [0.1, 0.15) is 5.69 Å². The summed E-state index contributed by atoms with van der Waals surface area (Å²) in [6.45, 7) is 2.05. The van der Waals surface area contributed by atoms with Gasteiger partial charge in [-0.05, 0) is 44.1 Å². The van der Waals surface area contributed by atoms with Gasteiger partial charge in [0.2, 0.25) is 0 Å². The van der Waals surface area contributed by atoms with Crippen molar-refractivity contribution >= 4 is 5.78 Å². The summed E-state index contributed by atoms with van der Waals surface area (Å²) in [6, 6.07) is 2.27. The fraction of sp³-hybridized carbons (Fsp3) is 0.714. The highest BCUT2D eigenvalue weighted by Gasteiger charge is 2.23. The molecule has 1 aromatic rings. The minimum atomic E-state index is 0.227. The van der Waals surface area contributed by atoms with Crippen molar-refractivity contribution in [3.63, 3.8) is 0 Å². The molecule has 0 spiro atoms. The van der Waals surface area contributed by atoms with Crippen LogP contribution in [0.15, 0.2) is 6.07 Å². The molecule has 0 atom stereocenters. The van der Waals surface area contributed by atoms with E-state index in [2.05, 4.69) is 12.0 Å². The van der Waals surface area contributed by atoms with Crippen LogP contribution in [0, 0.1) is 5.92 Å². The molecule has 4 nitrogen and oxygen atoms in total. The monoisotopic (exact) mass is 249 g/mol. The molecule has 1 aliphatic rings. The molecule has 1 heterocycles. The van der Waals surface area contributed by atoms with Crippen LogP contribution in [0.2, 0.25) is 0 Å². The second-order valence-electron chi connectivity index (χ2n) is 5.41. The zero-order valence-corrected chi connectivity index (χ0v) is 11.4. The van der Waals surface area contributed by atoms with Crippen molar-refractivity contribution in [1.29, 1.82) is 0 Å². The highest BCUT2D eigenvalue weighted by molar-refractivity contribution is 5.94. The molecule has 1 fully saturated rings. The highest BCUT2D eigenvalue weighted by atomic mass is 16.1. The average molecular weight is 249 g/mol. The molecular formula is C14H23N3O. The van der Waals surface area contributed by atoms with Crippen molar-refractivity contribution in [2.75, 3.05) is 0 Å². The van der Waals surface area contributed by atoms with E-state index in [9.17, 15) is 4.79 Å². The molecule has 100 valence electrons. The van der Waals surface area contributed by atoms with Crippen LogP contribution in [0.4, 0.5) is 0 Å². The molecular weight excluding hydrogens is 226 g/mol. The molecule has 0 bridgehead atoms. The van der Waals surface area contributed by atoms with E-state index in [-0.39, 0.29) is 5.78 Å². The van der Waals surface area contributed by atoms with Crippen LogP contribution in [-0.4, -0.2) is 21.6 Å². The van der Waals surface area contributed by atoms with E-state index in [1.807, 2.05) is 13.1 Å². The van der Waals surface area contributed by atoms with Gasteiger partial charge in [0.25, 0.3) is 0 Å². The molecule has 18 heavy (non-hydrogen) atoms. The number of ketones is 1. The predicted octanol–water partition coefficient (Wildman–Crippen LogP) is 2.07. The summed E-state index contributed by atoms with van der Waals surface area (Å²) in [5.41, 5.74) is 7.63. The van der Waals surface area contributed by atoms with Crippen molar-refractivity contribution in [3.05, 3.63) is 17.5 Å². The topological polar surface area (TPSA) is 60.9 Å². The lowest BCUT2D eigenvalue weighted by atomic mass is 9.83. The molecule has 1 saturated carbocycles. The summed E-state index contributed by atoms with van der Waals surface area (Å²) in [5, 5.41) is 4.33. The first kappa shape index (κ1) is 13.3. The Kier molecular flexibility index (Phi) is 4.17. The fourth-order valence-corrected chi connectivity index (χ4v) is 2.72. The SMILES string of the molecule is CCc1cc(C(=O)CC2CCC(N)CC2)n(C)n1. The first-order valence-corrected chi connectivity index (χ1v) is 6.91. The van der Waals surface area contributed by atoms with Crippen LogP contribution < -0.4 is 5.73 Å². The van der Waals surface area contributed by atoms with E-state index in [1.165, 1.54) is 0 Å². The molecule has 0 unspecified atom stereocenters. The number of hydrogen-bond donors (Lipinski definition) is 1. The lowest BCUT2D eigenvalue weighted by Gasteiger charge is -2.25. The summed E-state index contributed by atoms with van der Waals surface area (Å²) in [5.74, 6) is 0.738. The number of rotatable bonds is 4. The Morgan fingerprint density at radius 2 is 2.11 bits per heavy atom. The minimum Gasteiger partial charge on any atom is -0.328 e. The maximum absolute atomic E-state index is 12.3. The predicted molar refractivity (Wildman–Crippen MR) is 71.5 cm³/mol. The number of hydrogen-bond acceptors (Lipinski definition) is 3. The smallest absolute Gasteiger partial charge is 0.181 e. The maximum Gasteiger partial charge on any atom is 0.181 e. The Bertz CT molecular complexity index is 417. The van der Waals surface area contributed by atoms with Crippen molar-refractivity contribution < 1.29 is 4.79 Å². The quantitative estimate of drug-likeness (QED) is 0.831. The third-order valence-electron chi connectivity index (χ3n) is 3.94. The molecule has 0 radical (unpaired) electrons. The third kappa shape index (κ3) is 2.99. The average Bonchev–Trinajstić information content (AvgIpc) is 2.73. The van der Waals surface area contributed by atoms with Crippen LogP contribution >= 0.6 is 0 Å². The van der Waals surface area contributed by atoms with Crippen molar-refractivity contribution in [2.45, 2.75) is 51.5 Å². The van der Waals surface area contributed by atoms with Gasteiger partial charge in [0.15, 0.2) is 5.78 Å². The molecule has 4 heteroatoms. The van der Waals surface area contributed by atoms with Crippen molar-refractivity contribution in [2.24, 2.45) is 18.7 Å². The number of carbonyl (C=O) groups is 1. The number of nitrogens with zero attached hydrogens (tertiary/aromatic N) is 2. The molecule has 0 aromatic carbocycles. The maximum atomic E-state index is 12.3. The van der Waals surface area contributed by atoms with Gasteiger partial charge in [-0.25, -0.2) is 0 Å². The Hall–Kier alpha value is -1.16. The van der Waals surface area contributed by atoms with Crippen LogP contribution in [-0.2, 0) is 13.5 Å². The number of aryl methyl sites for hydroxylation is 2. The lowest BCUT2D eigenvalue weighted by molar-refractivity contribution is 0.0938. The normalized spacial score (nSPS) is 24.2. The summed E-state index contributed by atoms with van der Waals surface area (Å²) in [7, 11) is 1.85. The summed E-state index contributed by atoms with van der Waals surface area (Å²) < 4.78 is 1.72. The van der Waals surface area contributed by atoms with Crippen LogP contribution in [0.5, 0.6) is 0 Å². The van der Waals surface area contributed by atoms with Crippen LogP contribution in [0.3, 0.4) is 0 Å². The van der Waals surface area contributed by atoms with E-state index in [0.29, 0.717) is 18.4 Å². The van der Waals surface area contributed by atoms with Gasteiger partial charge < -0.3 is 5.73 Å². The Morgan fingerprint density at radius 1 is 1.44 bits per heavy atom. The molecule has 1 aromatic heterocycles. The number of carbonyl (C=O) groups excluding carboxylic acids is 1. The van der Waals surface area contributed by atoms with Gasteiger partial charge in [-0.15, -0.1) is 0 Å². The Balaban J connectivity index is 1.96. The Morgan fingerprint density at radius 3 is 2.67 bits per heavy atom. The molecule has 2 rings (SSSR count). The molecule has 1 aliphatic carbocycles. The van der Waals surface area contributed by atoms with Gasteiger partial charge in [-0.3, -0.25) is 9.48 Å². The number of nitrogens with two attached hydrogens (primary N) is 1. The number of aromatic nitrogens is 2. The second-order valence-corrected chi connectivity index (χ2v) is 5.41. The van der Waals surface area contributed by atoms with Gasteiger partial charge in [0, 0.05) is 19.5 Å². The molecule has 0 aliphatic heterocycles. The summed E-state index contributed by atoms with van der Waals surface area (Å²) in [4.78, 5) is 12.3. The van der Waals surface area contributed by atoms with E-state index in [0.717, 1.165) is 43.5 Å². The van der Waals surface area contributed by atoms with E-state index < -0.39 is 0 Å². The van der Waals surface area contributed by atoms with E-state index in [4.69, 9.17) is 5.73 Å². The lowest BCUT2D eigenvalue weighted by Crippen LogP contribution is -2.27. The summed E-state index contributed by atoms with van der Waals surface area (Å²) >= 11 is 0.